The van der Waals surface area contributed by atoms with Crippen LogP contribution >= 0.6 is 0 Å². The van der Waals surface area contributed by atoms with Crippen molar-refractivity contribution in [2.75, 3.05) is 13.2 Å². The molecule has 0 spiro atoms. The highest BCUT2D eigenvalue weighted by Gasteiger charge is 2.41. The molecule has 0 aromatic carbocycles. The van der Waals surface area contributed by atoms with Crippen LogP contribution in [0.1, 0.15) is 115 Å². The number of rotatable bonds is 19. The SMILES string of the molecule is C=CC(=O)OC(C)(C)CCOC(C)(C)CC(CC)(CC(C)C)CC(C)(C)OCCC(C)(C)OC(=O)C=C. The molecule has 37 heavy (non-hydrogen) atoms. The maximum Gasteiger partial charge on any atom is 0.330 e. The largest absolute Gasteiger partial charge is 0.456 e. The van der Waals surface area contributed by atoms with Crippen molar-refractivity contribution in [2.24, 2.45) is 11.3 Å². The molecule has 0 radical (unpaired) electrons. The van der Waals surface area contributed by atoms with E-state index in [1.165, 1.54) is 12.2 Å². The second-order valence-electron chi connectivity index (χ2n) is 13.3. The molecule has 0 saturated carbocycles. The fourth-order valence-corrected chi connectivity index (χ4v) is 5.25. The summed E-state index contributed by atoms with van der Waals surface area (Å²) in [4.78, 5) is 23.2. The zero-order valence-electron chi connectivity index (χ0n) is 25.8. The van der Waals surface area contributed by atoms with Crippen molar-refractivity contribution in [2.45, 2.75) is 137 Å². The molecule has 0 aromatic rings. The summed E-state index contributed by atoms with van der Waals surface area (Å²) in [5.41, 5.74) is -1.94. The van der Waals surface area contributed by atoms with Crippen LogP contribution in [0, 0.1) is 11.3 Å². The first-order valence-electron chi connectivity index (χ1n) is 13.7. The van der Waals surface area contributed by atoms with E-state index in [1.54, 1.807) is 0 Å². The van der Waals surface area contributed by atoms with Crippen LogP contribution in [0.25, 0.3) is 0 Å². The molecule has 0 bridgehead atoms. The molecule has 0 aromatic heterocycles. The Hall–Kier alpha value is -1.66. The monoisotopic (exact) mass is 524 g/mol. The number of hydrogen-bond acceptors (Lipinski definition) is 6. The molecular weight excluding hydrogens is 468 g/mol. The van der Waals surface area contributed by atoms with Gasteiger partial charge >= 0.3 is 11.9 Å². The van der Waals surface area contributed by atoms with Crippen molar-refractivity contribution >= 4 is 11.9 Å². The minimum absolute atomic E-state index is 0.0246. The third-order valence-corrected chi connectivity index (χ3v) is 6.67. The fourth-order valence-electron chi connectivity index (χ4n) is 5.25. The predicted molar refractivity (Wildman–Crippen MR) is 151 cm³/mol. The first kappa shape index (κ1) is 35.3. The normalized spacial score (nSPS) is 13.4. The molecule has 0 fully saturated rings. The van der Waals surface area contributed by atoms with Crippen molar-refractivity contribution < 1.29 is 28.5 Å². The smallest absolute Gasteiger partial charge is 0.330 e. The first-order valence-corrected chi connectivity index (χ1v) is 13.7. The molecule has 0 amide bonds. The van der Waals surface area contributed by atoms with E-state index in [-0.39, 0.29) is 16.6 Å². The molecule has 0 atom stereocenters. The van der Waals surface area contributed by atoms with Gasteiger partial charge in [0.15, 0.2) is 0 Å². The van der Waals surface area contributed by atoms with E-state index in [0.29, 0.717) is 32.0 Å². The van der Waals surface area contributed by atoms with Crippen LogP contribution in [0.2, 0.25) is 0 Å². The molecule has 0 aliphatic rings. The van der Waals surface area contributed by atoms with Gasteiger partial charge in [0, 0.05) is 25.0 Å². The molecule has 6 nitrogen and oxygen atoms in total. The summed E-state index contributed by atoms with van der Waals surface area (Å²) in [7, 11) is 0. The Labute approximate surface area is 227 Å². The van der Waals surface area contributed by atoms with Gasteiger partial charge in [0.05, 0.1) is 24.4 Å². The van der Waals surface area contributed by atoms with Crippen LogP contribution in [0.5, 0.6) is 0 Å². The summed E-state index contributed by atoms with van der Waals surface area (Å²) in [6.07, 6.45) is 7.41. The lowest BCUT2D eigenvalue weighted by molar-refractivity contribution is -0.153. The summed E-state index contributed by atoms with van der Waals surface area (Å²) in [6.45, 7) is 30.8. The molecule has 0 saturated heterocycles. The minimum Gasteiger partial charge on any atom is -0.456 e. The summed E-state index contributed by atoms with van der Waals surface area (Å²) < 4.78 is 23.7. The molecule has 0 heterocycles. The average molecular weight is 525 g/mol. The van der Waals surface area contributed by atoms with Gasteiger partial charge in [-0.25, -0.2) is 9.59 Å². The molecule has 6 heteroatoms. The van der Waals surface area contributed by atoms with E-state index in [2.05, 4.69) is 61.6 Å². The summed E-state index contributed by atoms with van der Waals surface area (Å²) in [5.74, 6) is -0.313. The van der Waals surface area contributed by atoms with Gasteiger partial charge in [-0.2, -0.15) is 0 Å². The fraction of sp³-hybridized carbons (Fsp3) is 0.806. The molecule has 0 unspecified atom stereocenters. The van der Waals surface area contributed by atoms with Crippen LogP contribution in [0.3, 0.4) is 0 Å². The molecular formula is C31H56O6. The Morgan fingerprint density at radius 2 is 1.05 bits per heavy atom. The molecule has 0 rings (SSSR count). The third-order valence-electron chi connectivity index (χ3n) is 6.67. The Morgan fingerprint density at radius 3 is 1.32 bits per heavy atom. The van der Waals surface area contributed by atoms with Crippen LogP contribution < -0.4 is 0 Å². The Bertz CT molecular complexity index is 691. The van der Waals surface area contributed by atoms with Crippen molar-refractivity contribution in [1.82, 2.24) is 0 Å². The summed E-state index contributed by atoms with van der Waals surface area (Å²) in [5, 5.41) is 0. The van der Waals surface area contributed by atoms with E-state index >= 15 is 0 Å². The van der Waals surface area contributed by atoms with Crippen molar-refractivity contribution in [3.63, 3.8) is 0 Å². The van der Waals surface area contributed by atoms with Gasteiger partial charge in [0.2, 0.25) is 0 Å². The highest BCUT2D eigenvalue weighted by Crippen LogP contribution is 2.46. The standard InChI is InChI=1S/C31H56O6/c1-14-25(32)36-27(6,7)17-19-34-29(10,11)22-31(16-3,21-24(4)5)23-30(12,13)35-20-18-28(8,9)37-26(33)15-2/h14-15,24H,1-2,16-23H2,3-13H3. The lowest BCUT2D eigenvalue weighted by atomic mass is 9.66. The lowest BCUT2D eigenvalue weighted by Crippen LogP contribution is -2.42. The van der Waals surface area contributed by atoms with Gasteiger partial charge < -0.3 is 18.9 Å². The quantitative estimate of drug-likeness (QED) is 0.128. The van der Waals surface area contributed by atoms with Crippen LogP contribution in [0.4, 0.5) is 0 Å². The predicted octanol–water partition coefficient (Wildman–Crippen LogP) is 7.60. The third kappa shape index (κ3) is 15.4. The maximum atomic E-state index is 11.6. The van der Waals surface area contributed by atoms with Gasteiger partial charge in [-0.1, -0.05) is 40.3 Å². The molecule has 216 valence electrons. The number of hydrogen-bond donors (Lipinski definition) is 0. The van der Waals surface area contributed by atoms with E-state index in [0.717, 1.165) is 25.7 Å². The number of carbonyl (C=O) groups is 2. The zero-order valence-corrected chi connectivity index (χ0v) is 25.8. The molecule has 0 N–H and O–H groups in total. The maximum absolute atomic E-state index is 11.6. The van der Waals surface area contributed by atoms with Crippen molar-refractivity contribution in [3.8, 4) is 0 Å². The van der Waals surface area contributed by atoms with E-state index in [9.17, 15) is 9.59 Å². The van der Waals surface area contributed by atoms with Gasteiger partial charge in [-0.3, -0.25) is 0 Å². The van der Waals surface area contributed by atoms with Crippen molar-refractivity contribution in [1.29, 1.82) is 0 Å². The Balaban J connectivity index is 5.34. The Morgan fingerprint density at radius 1 is 0.703 bits per heavy atom. The van der Waals surface area contributed by atoms with Crippen molar-refractivity contribution in [3.05, 3.63) is 25.3 Å². The highest BCUT2D eigenvalue weighted by molar-refractivity contribution is 5.81. The average Bonchev–Trinajstić information content (AvgIpc) is 2.70. The van der Waals surface area contributed by atoms with E-state index in [1.807, 2.05) is 27.7 Å². The Kier molecular flexibility index (Phi) is 13.8. The van der Waals surface area contributed by atoms with Gasteiger partial charge in [0.1, 0.15) is 11.2 Å². The highest BCUT2D eigenvalue weighted by atomic mass is 16.6. The van der Waals surface area contributed by atoms with Crippen LogP contribution in [0.15, 0.2) is 25.3 Å². The number of esters is 2. The molecule has 0 aliphatic carbocycles. The second-order valence-corrected chi connectivity index (χ2v) is 13.3. The zero-order chi connectivity index (χ0) is 29.1. The van der Waals surface area contributed by atoms with Gasteiger partial charge in [-0.15, -0.1) is 0 Å². The minimum atomic E-state index is -0.620. The molecule has 0 aliphatic heterocycles. The summed E-state index contributed by atoms with van der Waals surface area (Å²) >= 11 is 0. The first-order chi connectivity index (χ1) is 16.7. The number of ether oxygens (including phenoxy) is 4. The number of carbonyl (C=O) groups excluding carboxylic acids is 2. The summed E-state index contributed by atoms with van der Waals surface area (Å²) in [6, 6.07) is 0. The topological polar surface area (TPSA) is 71.1 Å². The van der Waals surface area contributed by atoms with E-state index < -0.39 is 23.1 Å². The van der Waals surface area contributed by atoms with Gasteiger partial charge in [-0.05, 0) is 86.0 Å². The van der Waals surface area contributed by atoms with Crippen LogP contribution in [-0.2, 0) is 28.5 Å². The van der Waals surface area contributed by atoms with E-state index in [4.69, 9.17) is 18.9 Å². The second kappa shape index (κ2) is 14.5. The van der Waals surface area contributed by atoms with Crippen LogP contribution in [-0.4, -0.2) is 47.6 Å². The lowest BCUT2D eigenvalue weighted by Gasteiger charge is -2.45. The van der Waals surface area contributed by atoms with Gasteiger partial charge in [0.25, 0.3) is 0 Å².